The third kappa shape index (κ3) is 2.49. The van der Waals surface area contributed by atoms with Crippen LogP contribution in [-0.4, -0.2) is 60.1 Å². The number of hydrogen-bond donors (Lipinski definition) is 0. The fraction of sp³-hybridized carbons (Fsp3) is 0.400. The Morgan fingerprint density at radius 3 is 2.50 bits per heavy atom. The summed E-state index contributed by atoms with van der Waals surface area (Å²) in [6.07, 6.45) is -0.622. The molecule has 7 nitrogen and oxygen atoms in total. The minimum absolute atomic E-state index is 0.126. The minimum Gasteiger partial charge on any atom is -0.494 e. The van der Waals surface area contributed by atoms with Gasteiger partial charge in [0.05, 0.1) is 12.6 Å². The van der Waals surface area contributed by atoms with Gasteiger partial charge in [0.2, 0.25) is 0 Å². The number of rotatable bonds is 4. The van der Waals surface area contributed by atoms with Gasteiger partial charge in [0.1, 0.15) is 5.75 Å². The molecule has 0 spiro atoms. The molecule has 2 aliphatic heterocycles. The number of ether oxygens (including phenoxy) is 2. The average Bonchev–Trinajstić information content (AvgIpc) is 2.79. The van der Waals surface area contributed by atoms with E-state index >= 15 is 0 Å². The van der Waals surface area contributed by atoms with Crippen LogP contribution in [0.2, 0.25) is 0 Å². The molecule has 0 N–H and O–H groups in total. The van der Waals surface area contributed by atoms with E-state index in [0.717, 1.165) is 4.90 Å². The first-order valence-electron chi connectivity index (χ1n) is 7.11. The molecule has 0 aromatic heterocycles. The van der Waals surface area contributed by atoms with Gasteiger partial charge < -0.3 is 14.4 Å². The van der Waals surface area contributed by atoms with Crippen LogP contribution in [0.15, 0.2) is 24.3 Å². The predicted octanol–water partition coefficient (Wildman–Crippen LogP) is 0.888. The molecule has 2 aliphatic rings. The Morgan fingerprint density at radius 2 is 1.95 bits per heavy atom. The monoisotopic (exact) mass is 304 g/mol. The van der Waals surface area contributed by atoms with Crippen molar-refractivity contribution in [1.82, 2.24) is 9.80 Å². The van der Waals surface area contributed by atoms with E-state index in [2.05, 4.69) is 4.74 Å². The smallest absolute Gasteiger partial charge is 0.417 e. The summed E-state index contributed by atoms with van der Waals surface area (Å²) >= 11 is 0. The highest BCUT2D eigenvalue weighted by atomic mass is 16.6. The summed E-state index contributed by atoms with van der Waals surface area (Å²) in [5.74, 6) is 0.244. The SMILES string of the molecule is CCOc1ccc(C(=O)N2CC(N3C(=O)COC3=O)C2)cc1. The topological polar surface area (TPSA) is 76.2 Å². The highest BCUT2D eigenvalue weighted by Crippen LogP contribution is 2.22. The quantitative estimate of drug-likeness (QED) is 0.825. The normalized spacial score (nSPS) is 18.2. The molecule has 3 rings (SSSR count). The molecule has 0 unspecified atom stereocenters. The van der Waals surface area contributed by atoms with E-state index in [1.54, 1.807) is 29.2 Å². The van der Waals surface area contributed by atoms with E-state index in [9.17, 15) is 14.4 Å². The van der Waals surface area contributed by atoms with Crippen LogP contribution in [-0.2, 0) is 9.53 Å². The first-order valence-corrected chi connectivity index (χ1v) is 7.11. The summed E-state index contributed by atoms with van der Waals surface area (Å²) < 4.78 is 10.0. The van der Waals surface area contributed by atoms with Crippen LogP contribution in [0.4, 0.5) is 4.79 Å². The molecule has 22 heavy (non-hydrogen) atoms. The standard InChI is InChI=1S/C15H16N2O5/c1-2-21-12-5-3-10(4-6-12)14(19)16-7-11(8-16)17-13(18)9-22-15(17)20/h3-6,11H,2,7-9H2,1H3. The highest BCUT2D eigenvalue weighted by molar-refractivity contribution is 5.99. The predicted molar refractivity (Wildman–Crippen MR) is 75.5 cm³/mol. The Morgan fingerprint density at radius 1 is 1.27 bits per heavy atom. The maximum atomic E-state index is 12.3. The summed E-state index contributed by atoms with van der Waals surface area (Å²) in [4.78, 5) is 37.9. The first kappa shape index (κ1) is 14.4. The molecular weight excluding hydrogens is 288 g/mol. The molecule has 0 saturated carbocycles. The van der Waals surface area contributed by atoms with Gasteiger partial charge in [-0.15, -0.1) is 0 Å². The molecule has 0 atom stereocenters. The Balaban J connectivity index is 1.59. The second-order valence-electron chi connectivity index (χ2n) is 5.14. The number of likely N-dealkylation sites (tertiary alicyclic amines) is 1. The summed E-state index contributed by atoms with van der Waals surface area (Å²) in [6, 6.07) is 6.62. The maximum Gasteiger partial charge on any atom is 0.417 e. The minimum atomic E-state index is -0.622. The Labute approximate surface area is 127 Å². The van der Waals surface area contributed by atoms with Crippen molar-refractivity contribution < 1.29 is 23.9 Å². The van der Waals surface area contributed by atoms with Gasteiger partial charge in [-0.3, -0.25) is 9.59 Å². The van der Waals surface area contributed by atoms with Crippen LogP contribution in [0.25, 0.3) is 0 Å². The number of carbonyl (C=O) groups excluding carboxylic acids is 3. The molecule has 2 saturated heterocycles. The fourth-order valence-corrected chi connectivity index (χ4v) is 2.54. The lowest BCUT2D eigenvalue weighted by molar-refractivity contribution is -0.129. The maximum absolute atomic E-state index is 12.3. The van der Waals surface area contributed by atoms with Crippen LogP contribution < -0.4 is 4.74 Å². The molecule has 1 aromatic rings. The highest BCUT2D eigenvalue weighted by Gasteiger charge is 2.44. The van der Waals surface area contributed by atoms with Crippen LogP contribution in [0.5, 0.6) is 5.75 Å². The number of cyclic esters (lactones) is 1. The zero-order chi connectivity index (χ0) is 15.7. The van der Waals surface area contributed by atoms with Gasteiger partial charge in [0.15, 0.2) is 6.61 Å². The molecule has 2 fully saturated rings. The third-order valence-electron chi connectivity index (χ3n) is 3.71. The van der Waals surface area contributed by atoms with Crippen molar-refractivity contribution in [3.8, 4) is 5.75 Å². The molecule has 116 valence electrons. The zero-order valence-electron chi connectivity index (χ0n) is 12.2. The lowest BCUT2D eigenvalue weighted by atomic mass is 10.1. The van der Waals surface area contributed by atoms with Crippen LogP contribution in [0.1, 0.15) is 17.3 Å². The number of carbonyl (C=O) groups is 3. The van der Waals surface area contributed by atoms with E-state index in [4.69, 9.17) is 4.74 Å². The van der Waals surface area contributed by atoms with Crippen molar-refractivity contribution in [3.05, 3.63) is 29.8 Å². The van der Waals surface area contributed by atoms with E-state index in [1.807, 2.05) is 6.92 Å². The number of imide groups is 1. The van der Waals surface area contributed by atoms with Gasteiger partial charge in [-0.25, -0.2) is 9.69 Å². The Bertz CT molecular complexity index is 591. The molecule has 3 amide bonds. The van der Waals surface area contributed by atoms with Crippen LogP contribution in [0.3, 0.4) is 0 Å². The molecule has 0 aliphatic carbocycles. The van der Waals surface area contributed by atoms with Gasteiger partial charge in [-0.1, -0.05) is 0 Å². The second-order valence-corrected chi connectivity index (χ2v) is 5.14. The van der Waals surface area contributed by atoms with E-state index in [0.29, 0.717) is 31.0 Å². The zero-order valence-corrected chi connectivity index (χ0v) is 12.2. The number of amides is 3. The molecule has 7 heteroatoms. The van der Waals surface area contributed by atoms with Crippen molar-refractivity contribution in [3.63, 3.8) is 0 Å². The molecule has 0 radical (unpaired) electrons. The summed E-state index contributed by atoms with van der Waals surface area (Å²) in [7, 11) is 0. The Hall–Kier alpha value is -2.57. The number of benzene rings is 1. The molecule has 0 bridgehead atoms. The Kier molecular flexibility index (Phi) is 3.70. The van der Waals surface area contributed by atoms with Crippen LogP contribution in [0, 0.1) is 0 Å². The molecule has 2 heterocycles. The number of nitrogens with zero attached hydrogens (tertiary/aromatic N) is 2. The van der Waals surface area contributed by atoms with Crippen molar-refractivity contribution in [1.29, 1.82) is 0 Å². The van der Waals surface area contributed by atoms with E-state index in [1.165, 1.54) is 0 Å². The van der Waals surface area contributed by atoms with Crippen molar-refractivity contribution in [2.75, 3.05) is 26.3 Å². The van der Waals surface area contributed by atoms with Gasteiger partial charge in [-0.05, 0) is 31.2 Å². The van der Waals surface area contributed by atoms with Crippen molar-refractivity contribution >= 4 is 17.9 Å². The molecular formula is C15H16N2O5. The lowest BCUT2D eigenvalue weighted by Crippen LogP contribution is -2.62. The summed E-state index contributed by atoms with van der Waals surface area (Å²) in [6.45, 7) is 2.94. The lowest BCUT2D eigenvalue weighted by Gasteiger charge is -2.41. The van der Waals surface area contributed by atoms with Crippen molar-refractivity contribution in [2.24, 2.45) is 0 Å². The van der Waals surface area contributed by atoms with Crippen LogP contribution >= 0.6 is 0 Å². The van der Waals surface area contributed by atoms with E-state index < -0.39 is 6.09 Å². The molecule has 1 aromatic carbocycles. The fourth-order valence-electron chi connectivity index (χ4n) is 2.54. The number of hydrogen-bond acceptors (Lipinski definition) is 5. The van der Waals surface area contributed by atoms with Crippen molar-refractivity contribution in [2.45, 2.75) is 13.0 Å². The van der Waals surface area contributed by atoms with Gasteiger partial charge in [-0.2, -0.15) is 0 Å². The van der Waals surface area contributed by atoms with Gasteiger partial charge in [0.25, 0.3) is 11.8 Å². The van der Waals surface area contributed by atoms with Gasteiger partial charge >= 0.3 is 6.09 Å². The third-order valence-corrected chi connectivity index (χ3v) is 3.71. The summed E-state index contributed by atoms with van der Waals surface area (Å²) in [5, 5.41) is 0. The average molecular weight is 304 g/mol. The second kappa shape index (κ2) is 5.67. The first-order chi connectivity index (χ1) is 10.6. The van der Waals surface area contributed by atoms with Gasteiger partial charge in [0, 0.05) is 18.7 Å². The van der Waals surface area contributed by atoms with E-state index in [-0.39, 0.29) is 24.5 Å². The summed E-state index contributed by atoms with van der Waals surface area (Å²) in [5.41, 5.74) is 0.553. The largest absolute Gasteiger partial charge is 0.494 e.